The molecule has 0 bridgehead atoms. The van der Waals surface area contributed by atoms with E-state index < -0.39 is 60.8 Å². The standard InChI is InChI=1S/C32H56O10/c1-5-8-10-12-13-15-17-20-27(35)42-31-30(38)29(37)23(4)39-32(31)41-25(19-16-14-11-9-6-2)22-28(36)40-24(18-7-3)21-26(33)34/h17,20,23-25,29-32,37-38H,5-16,18-19,21-22H2,1-4H3,(H,33,34). The molecule has 244 valence electrons. The van der Waals surface area contributed by atoms with Gasteiger partial charge in [-0.3, -0.25) is 9.59 Å². The lowest BCUT2D eigenvalue weighted by Crippen LogP contribution is -2.59. The average Bonchev–Trinajstić information content (AvgIpc) is 2.93. The van der Waals surface area contributed by atoms with Gasteiger partial charge < -0.3 is 34.3 Å². The summed E-state index contributed by atoms with van der Waals surface area (Å²) in [5, 5.41) is 30.4. The van der Waals surface area contributed by atoms with E-state index in [0.717, 1.165) is 64.2 Å². The minimum absolute atomic E-state index is 0.154. The van der Waals surface area contributed by atoms with Crippen LogP contribution in [0, 0.1) is 0 Å². The second-order valence-corrected chi connectivity index (χ2v) is 11.4. The van der Waals surface area contributed by atoms with Crippen molar-refractivity contribution >= 4 is 17.9 Å². The fourth-order valence-electron chi connectivity index (χ4n) is 4.98. The van der Waals surface area contributed by atoms with E-state index in [-0.39, 0.29) is 12.8 Å². The summed E-state index contributed by atoms with van der Waals surface area (Å²) >= 11 is 0. The van der Waals surface area contributed by atoms with Gasteiger partial charge in [0, 0.05) is 6.08 Å². The van der Waals surface area contributed by atoms with Crippen LogP contribution in [0.3, 0.4) is 0 Å². The molecule has 1 heterocycles. The molecule has 0 amide bonds. The van der Waals surface area contributed by atoms with Gasteiger partial charge in [-0.2, -0.15) is 0 Å². The maximum absolute atomic E-state index is 12.8. The molecule has 7 atom stereocenters. The van der Waals surface area contributed by atoms with E-state index >= 15 is 0 Å². The summed E-state index contributed by atoms with van der Waals surface area (Å²) in [6.07, 6.45) is 7.89. The summed E-state index contributed by atoms with van der Waals surface area (Å²) in [4.78, 5) is 36.6. The molecular weight excluding hydrogens is 544 g/mol. The number of aliphatic hydroxyl groups excluding tert-OH is 2. The highest BCUT2D eigenvalue weighted by atomic mass is 16.7. The average molecular weight is 601 g/mol. The topological polar surface area (TPSA) is 149 Å². The zero-order valence-electron chi connectivity index (χ0n) is 26.2. The molecule has 1 aliphatic rings. The van der Waals surface area contributed by atoms with Crippen molar-refractivity contribution in [1.29, 1.82) is 0 Å². The van der Waals surface area contributed by atoms with Gasteiger partial charge in [0.05, 0.1) is 25.0 Å². The van der Waals surface area contributed by atoms with Gasteiger partial charge in [0.1, 0.15) is 18.3 Å². The second-order valence-electron chi connectivity index (χ2n) is 11.4. The maximum Gasteiger partial charge on any atom is 0.330 e. The van der Waals surface area contributed by atoms with E-state index in [1.165, 1.54) is 12.5 Å². The van der Waals surface area contributed by atoms with E-state index in [0.29, 0.717) is 19.3 Å². The normalized spacial score (nSPS) is 23.9. The van der Waals surface area contributed by atoms with Crippen LogP contribution < -0.4 is 0 Å². The van der Waals surface area contributed by atoms with Crippen LogP contribution in [-0.2, 0) is 33.3 Å². The van der Waals surface area contributed by atoms with Gasteiger partial charge in [0.2, 0.25) is 0 Å². The van der Waals surface area contributed by atoms with E-state index in [2.05, 4.69) is 13.8 Å². The summed E-state index contributed by atoms with van der Waals surface area (Å²) in [5.41, 5.74) is 0. The Balaban J connectivity index is 2.93. The van der Waals surface area contributed by atoms with Gasteiger partial charge in [0.15, 0.2) is 12.4 Å². The van der Waals surface area contributed by atoms with E-state index in [4.69, 9.17) is 24.1 Å². The highest BCUT2D eigenvalue weighted by Crippen LogP contribution is 2.28. The van der Waals surface area contributed by atoms with Crippen molar-refractivity contribution in [2.45, 2.75) is 173 Å². The number of allylic oxidation sites excluding steroid dienone is 1. The highest BCUT2D eigenvalue weighted by Gasteiger charge is 2.46. The quantitative estimate of drug-likeness (QED) is 0.0768. The molecule has 10 nitrogen and oxygen atoms in total. The molecule has 0 spiro atoms. The maximum atomic E-state index is 12.8. The van der Waals surface area contributed by atoms with Crippen LogP contribution in [0.15, 0.2) is 12.2 Å². The van der Waals surface area contributed by atoms with Crippen molar-refractivity contribution in [2.75, 3.05) is 0 Å². The Labute approximate surface area is 252 Å². The van der Waals surface area contributed by atoms with Crippen molar-refractivity contribution in [2.24, 2.45) is 0 Å². The number of carboxylic acid groups (broad SMARTS) is 1. The molecule has 3 N–H and O–H groups in total. The largest absolute Gasteiger partial charge is 0.481 e. The Hall–Kier alpha value is -2.01. The van der Waals surface area contributed by atoms with Gasteiger partial charge >= 0.3 is 17.9 Å². The number of esters is 2. The van der Waals surface area contributed by atoms with Gasteiger partial charge in [-0.05, 0) is 32.6 Å². The van der Waals surface area contributed by atoms with Crippen LogP contribution in [0.4, 0.5) is 0 Å². The molecule has 0 radical (unpaired) electrons. The monoisotopic (exact) mass is 600 g/mol. The van der Waals surface area contributed by atoms with Crippen LogP contribution in [0.25, 0.3) is 0 Å². The summed E-state index contributed by atoms with van der Waals surface area (Å²) < 4.78 is 23.0. The molecule has 0 aliphatic carbocycles. The Morgan fingerprint density at radius 2 is 1.45 bits per heavy atom. The fraction of sp³-hybridized carbons (Fsp3) is 0.844. The van der Waals surface area contributed by atoms with Crippen molar-refractivity contribution in [3.05, 3.63) is 12.2 Å². The number of rotatable bonds is 23. The number of unbranched alkanes of at least 4 members (excludes halogenated alkanes) is 9. The van der Waals surface area contributed by atoms with E-state index in [9.17, 15) is 24.6 Å². The third-order valence-electron chi connectivity index (χ3n) is 7.43. The Morgan fingerprint density at radius 3 is 2.07 bits per heavy atom. The molecule has 1 rings (SSSR count). The predicted octanol–water partition coefficient (Wildman–Crippen LogP) is 5.60. The predicted molar refractivity (Wildman–Crippen MR) is 159 cm³/mol. The van der Waals surface area contributed by atoms with Crippen molar-refractivity contribution in [3.63, 3.8) is 0 Å². The van der Waals surface area contributed by atoms with Gasteiger partial charge in [-0.1, -0.05) is 91.1 Å². The summed E-state index contributed by atoms with van der Waals surface area (Å²) in [6, 6.07) is 0. The number of ether oxygens (including phenoxy) is 4. The Kier molecular flexibility index (Phi) is 20.4. The number of carboxylic acids is 1. The zero-order chi connectivity index (χ0) is 31.3. The molecule has 0 aromatic rings. The first-order chi connectivity index (χ1) is 20.1. The van der Waals surface area contributed by atoms with Gasteiger partial charge in [-0.25, -0.2) is 4.79 Å². The summed E-state index contributed by atoms with van der Waals surface area (Å²) in [5.74, 6) is -2.32. The van der Waals surface area contributed by atoms with Gasteiger partial charge in [0.25, 0.3) is 0 Å². The number of hydrogen-bond acceptors (Lipinski definition) is 9. The lowest BCUT2D eigenvalue weighted by atomic mass is 9.99. The molecule has 0 saturated carbocycles. The van der Waals surface area contributed by atoms with Crippen LogP contribution in [-0.4, -0.2) is 76.1 Å². The van der Waals surface area contributed by atoms with Crippen molar-refractivity contribution in [1.82, 2.24) is 0 Å². The number of aliphatic hydroxyl groups is 2. The summed E-state index contributed by atoms with van der Waals surface area (Å²) in [6.45, 7) is 7.74. The number of carbonyl (C=O) groups excluding carboxylic acids is 2. The fourth-order valence-corrected chi connectivity index (χ4v) is 4.98. The highest BCUT2D eigenvalue weighted by molar-refractivity contribution is 5.82. The van der Waals surface area contributed by atoms with Crippen molar-refractivity contribution in [3.8, 4) is 0 Å². The third-order valence-corrected chi connectivity index (χ3v) is 7.43. The van der Waals surface area contributed by atoms with Crippen LogP contribution >= 0.6 is 0 Å². The van der Waals surface area contributed by atoms with Crippen molar-refractivity contribution < 1.29 is 48.7 Å². The van der Waals surface area contributed by atoms with E-state index in [1.807, 2.05) is 6.92 Å². The van der Waals surface area contributed by atoms with Crippen LogP contribution in [0.2, 0.25) is 0 Å². The SMILES string of the molecule is CCCCCCCC=CC(=O)OC1C(OC(CCCCCCC)CC(=O)OC(CCC)CC(=O)O)OC(C)C(O)C1O. The lowest BCUT2D eigenvalue weighted by Gasteiger charge is -2.41. The minimum atomic E-state index is -1.45. The molecule has 7 unspecified atom stereocenters. The van der Waals surface area contributed by atoms with Gasteiger partial charge in [-0.15, -0.1) is 0 Å². The zero-order valence-corrected chi connectivity index (χ0v) is 26.2. The molecule has 1 fully saturated rings. The number of carbonyl (C=O) groups is 3. The number of hydrogen-bond donors (Lipinski definition) is 3. The minimum Gasteiger partial charge on any atom is -0.481 e. The molecule has 0 aromatic heterocycles. The smallest absolute Gasteiger partial charge is 0.330 e. The number of aliphatic carboxylic acids is 1. The molecular formula is C32H56O10. The lowest BCUT2D eigenvalue weighted by molar-refractivity contribution is -0.307. The first-order valence-electron chi connectivity index (χ1n) is 16.1. The first kappa shape index (κ1) is 38.0. The van der Waals surface area contributed by atoms with Crippen LogP contribution in [0.1, 0.15) is 130 Å². The summed E-state index contributed by atoms with van der Waals surface area (Å²) in [7, 11) is 0. The Morgan fingerprint density at radius 1 is 0.810 bits per heavy atom. The molecule has 10 heteroatoms. The Bertz CT molecular complexity index is 785. The van der Waals surface area contributed by atoms with Crippen LogP contribution in [0.5, 0.6) is 0 Å². The third kappa shape index (κ3) is 16.0. The van der Waals surface area contributed by atoms with E-state index in [1.54, 1.807) is 13.0 Å². The first-order valence-corrected chi connectivity index (χ1v) is 16.1. The molecule has 1 saturated heterocycles. The molecule has 1 aliphatic heterocycles. The second kappa shape index (κ2) is 22.5. The molecule has 42 heavy (non-hydrogen) atoms. The molecule has 0 aromatic carbocycles.